The molecule has 0 aromatic carbocycles. The van der Waals surface area contributed by atoms with Crippen molar-refractivity contribution >= 4 is 45.3 Å². The van der Waals surface area contributed by atoms with Gasteiger partial charge in [0.25, 0.3) is 0 Å². The van der Waals surface area contributed by atoms with E-state index in [-0.39, 0.29) is 17.1 Å². The Balaban J connectivity index is 1.46. The van der Waals surface area contributed by atoms with Crippen molar-refractivity contribution in [2.45, 2.75) is 78.4 Å². The summed E-state index contributed by atoms with van der Waals surface area (Å²) in [5, 5.41) is 25.2. The van der Waals surface area contributed by atoms with Crippen LogP contribution in [-0.2, 0) is 24.2 Å². The molecule has 0 saturated heterocycles. The largest absolute Gasteiger partial charge is 0.316 e. The van der Waals surface area contributed by atoms with Crippen molar-refractivity contribution in [3.63, 3.8) is 0 Å². The molecule has 1 aliphatic carbocycles. The second-order valence-electron chi connectivity index (χ2n) is 9.84. The van der Waals surface area contributed by atoms with Gasteiger partial charge in [0.15, 0.2) is 11.0 Å². The van der Waals surface area contributed by atoms with Gasteiger partial charge < -0.3 is 9.88 Å². The van der Waals surface area contributed by atoms with E-state index in [1.807, 2.05) is 0 Å². The molecule has 0 spiro atoms. The second-order valence-corrected chi connectivity index (χ2v) is 13.0. The van der Waals surface area contributed by atoms with Crippen LogP contribution in [0.3, 0.4) is 0 Å². The molecule has 3 aromatic heterocycles. The van der Waals surface area contributed by atoms with Gasteiger partial charge in [-0.05, 0) is 55.6 Å². The molecule has 0 aliphatic heterocycles. The van der Waals surface area contributed by atoms with Crippen LogP contribution in [0.4, 0.5) is 5.00 Å². The Morgan fingerprint density at radius 2 is 2.17 bits per heavy atom. The maximum atomic E-state index is 12.9. The molecule has 186 valence electrons. The van der Waals surface area contributed by atoms with E-state index in [4.69, 9.17) is 0 Å². The van der Waals surface area contributed by atoms with E-state index in [2.05, 4.69) is 72.2 Å². The number of nitrogens with one attached hydrogen (secondary N) is 1. The number of hydrogen-bond donors (Lipinski definition) is 1. The summed E-state index contributed by atoms with van der Waals surface area (Å²) >= 11 is 4.67. The van der Waals surface area contributed by atoms with E-state index < -0.39 is 0 Å². The summed E-state index contributed by atoms with van der Waals surface area (Å²) in [4.78, 5) is 15.4. The van der Waals surface area contributed by atoms with Gasteiger partial charge in [-0.3, -0.25) is 4.79 Å². The van der Waals surface area contributed by atoms with Gasteiger partial charge in [-0.2, -0.15) is 5.26 Å². The van der Waals surface area contributed by atoms with Crippen molar-refractivity contribution < 1.29 is 4.79 Å². The van der Waals surface area contributed by atoms with Crippen LogP contribution in [0.15, 0.2) is 16.6 Å². The molecule has 3 aromatic rings. The third kappa shape index (κ3) is 5.50. The monoisotopic (exact) mass is 527 g/mol. The Hall–Kier alpha value is -2.15. The summed E-state index contributed by atoms with van der Waals surface area (Å²) in [7, 11) is 0. The Bertz CT molecular complexity index is 1250. The minimum Gasteiger partial charge on any atom is -0.316 e. The molecule has 1 N–H and O–H groups in total. The molecule has 1 amide bonds. The highest BCUT2D eigenvalue weighted by atomic mass is 32.2. The number of hydrogen-bond acceptors (Lipinski definition) is 7. The molecule has 0 saturated carbocycles. The first kappa shape index (κ1) is 25.9. The van der Waals surface area contributed by atoms with Gasteiger partial charge in [0.05, 0.1) is 11.3 Å². The lowest BCUT2D eigenvalue weighted by Crippen LogP contribution is -2.28. The normalized spacial score (nSPS) is 15.6. The van der Waals surface area contributed by atoms with Crippen molar-refractivity contribution in [3.05, 3.63) is 32.3 Å². The Kier molecular flexibility index (Phi) is 8.04. The maximum Gasteiger partial charge on any atom is 0.235 e. The minimum atomic E-state index is -0.116. The maximum absolute atomic E-state index is 12.9. The molecular weight excluding hydrogens is 495 g/mol. The predicted octanol–water partition coefficient (Wildman–Crippen LogP) is 6.93. The summed E-state index contributed by atoms with van der Waals surface area (Å²) in [6.45, 7) is 11.9. The molecule has 1 atom stereocenters. The third-order valence-corrected chi connectivity index (χ3v) is 10.1. The lowest BCUT2D eigenvalue weighted by atomic mass is 9.69. The van der Waals surface area contributed by atoms with Gasteiger partial charge in [-0.15, -0.1) is 32.9 Å². The van der Waals surface area contributed by atoms with Gasteiger partial charge in [-0.25, -0.2) is 0 Å². The molecule has 35 heavy (non-hydrogen) atoms. The molecule has 0 radical (unpaired) electrons. The Morgan fingerprint density at radius 3 is 2.83 bits per heavy atom. The van der Waals surface area contributed by atoms with Crippen molar-refractivity contribution in [3.8, 4) is 17.5 Å². The van der Waals surface area contributed by atoms with E-state index >= 15 is 0 Å². The molecule has 9 heteroatoms. The summed E-state index contributed by atoms with van der Waals surface area (Å²) in [6, 6.07) is 4.48. The summed E-state index contributed by atoms with van der Waals surface area (Å²) in [5.41, 5.74) is 3.14. The number of anilines is 1. The number of nitriles is 1. The molecule has 6 nitrogen and oxygen atoms in total. The number of aromatic nitrogens is 3. The zero-order chi connectivity index (χ0) is 25.2. The Morgan fingerprint density at radius 1 is 1.37 bits per heavy atom. The van der Waals surface area contributed by atoms with Crippen LogP contribution < -0.4 is 5.32 Å². The first-order valence-corrected chi connectivity index (χ1v) is 14.9. The van der Waals surface area contributed by atoms with Gasteiger partial charge in [0.1, 0.15) is 11.1 Å². The van der Waals surface area contributed by atoms with Gasteiger partial charge in [0, 0.05) is 27.2 Å². The highest BCUT2D eigenvalue weighted by molar-refractivity contribution is 7.99. The summed E-state index contributed by atoms with van der Waals surface area (Å²) < 4.78 is 2.10. The molecule has 4 rings (SSSR count). The molecule has 1 aliphatic rings. The summed E-state index contributed by atoms with van der Waals surface area (Å²) in [6.07, 6.45) is 5.10. The number of aryl methyl sites for hydroxylation is 1. The lowest BCUT2D eigenvalue weighted by Gasteiger charge is -2.36. The first-order chi connectivity index (χ1) is 16.8. The van der Waals surface area contributed by atoms with Crippen molar-refractivity contribution in [1.82, 2.24) is 14.8 Å². The predicted molar refractivity (Wildman–Crippen MR) is 146 cm³/mol. The van der Waals surface area contributed by atoms with E-state index in [9.17, 15) is 10.1 Å². The van der Waals surface area contributed by atoms with Crippen LogP contribution in [-0.4, -0.2) is 26.4 Å². The zero-order valence-electron chi connectivity index (χ0n) is 21.1. The highest BCUT2D eigenvalue weighted by Crippen LogP contribution is 2.45. The number of rotatable bonds is 9. The zero-order valence-corrected chi connectivity index (χ0v) is 23.6. The van der Waals surface area contributed by atoms with E-state index in [0.29, 0.717) is 16.5 Å². The fourth-order valence-corrected chi connectivity index (χ4v) is 7.38. The third-order valence-electron chi connectivity index (χ3n) is 7.13. The van der Waals surface area contributed by atoms with Crippen LogP contribution in [0.1, 0.15) is 67.8 Å². The fourth-order valence-electron chi connectivity index (χ4n) is 4.64. The van der Waals surface area contributed by atoms with Crippen LogP contribution in [0.5, 0.6) is 0 Å². The molecular formula is C26H33N5OS3. The average molecular weight is 528 g/mol. The standard InChI is InChI=1S/C26H33N5OS3/c1-6-10-31-23(17-11-16(3)33-14-17)29-30-25(31)34-15-22(32)28-24-20(13-27)19-9-8-18(12-21(19)35-24)26(4,5)7-2/h11,14,18H,6-10,12,15H2,1-5H3,(H,28,32). The lowest BCUT2D eigenvalue weighted by molar-refractivity contribution is -0.113. The molecule has 0 bridgehead atoms. The second kappa shape index (κ2) is 10.9. The van der Waals surface area contributed by atoms with Crippen molar-refractivity contribution in [2.24, 2.45) is 11.3 Å². The minimum absolute atomic E-state index is 0.116. The first-order valence-electron chi connectivity index (χ1n) is 12.2. The van der Waals surface area contributed by atoms with Crippen LogP contribution in [0.2, 0.25) is 0 Å². The van der Waals surface area contributed by atoms with E-state index in [0.717, 1.165) is 60.8 Å². The average Bonchev–Trinajstić information content (AvgIpc) is 3.53. The number of carbonyl (C=O) groups is 1. The quantitative estimate of drug-likeness (QED) is 0.305. The number of fused-ring (bicyclic) bond motifs is 1. The van der Waals surface area contributed by atoms with Crippen LogP contribution in [0, 0.1) is 29.6 Å². The SMILES string of the molecule is CCCn1c(SCC(=O)Nc2sc3c(c2C#N)CCC(C(C)(C)CC)C3)nnc1-c1csc(C)c1. The van der Waals surface area contributed by atoms with E-state index in [1.54, 1.807) is 22.7 Å². The number of carbonyl (C=O) groups excluding carboxylic acids is 1. The van der Waals surface area contributed by atoms with Crippen molar-refractivity contribution in [1.29, 1.82) is 5.26 Å². The topological polar surface area (TPSA) is 83.6 Å². The highest BCUT2D eigenvalue weighted by Gasteiger charge is 2.34. The van der Waals surface area contributed by atoms with Crippen LogP contribution >= 0.6 is 34.4 Å². The molecule has 3 heterocycles. The number of thiophene rings is 2. The van der Waals surface area contributed by atoms with Crippen LogP contribution in [0.25, 0.3) is 11.4 Å². The van der Waals surface area contributed by atoms with E-state index in [1.165, 1.54) is 21.5 Å². The summed E-state index contributed by atoms with van der Waals surface area (Å²) in [5.74, 6) is 1.56. The smallest absolute Gasteiger partial charge is 0.235 e. The van der Waals surface area contributed by atoms with Gasteiger partial charge >= 0.3 is 0 Å². The van der Waals surface area contributed by atoms with Crippen molar-refractivity contribution in [2.75, 3.05) is 11.1 Å². The molecule has 1 unspecified atom stereocenters. The van der Waals surface area contributed by atoms with Gasteiger partial charge in [-0.1, -0.05) is 45.9 Å². The number of amides is 1. The molecule has 0 fully saturated rings. The Labute approximate surface area is 220 Å². The number of nitrogens with zero attached hydrogens (tertiary/aromatic N) is 4. The van der Waals surface area contributed by atoms with Gasteiger partial charge in [0.2, 0.25) is 5.91 Å². The fraction of sp³-hybridized carbons (Fsp3) is 0.538. The number of thioether (sulfide) groups is 1.